The second-order valence-electron chi connectivity index (χ2n) is 1.60. The second kappa shape index (κ2) is 5.09. The topological polar surface area (TPSA) is 24.4 Å². The van der Waals surface area contributed by atoms with Crippen LogP contribution in [0.1, 0.15) is 6.92 Å². The number of rotatable bonds is 3. The Bertz CT molecular complexity index is 134. The van der Waals surface area contributed by atoms with Gasteiger partial charge in [-0.3, -0.25) is 4.99 Å². The minimum atomic E-state index is 1.04. The van der Waals surface area contributed by atoms with E-state index in [9.17, 15) is 0 Å². The van der Waals surface area contributed by atoms with Gasteiger partial charge in [-0.2, -0.15) is 0 Å². The van der Waals surface area contributed by atoms with Gasteiger partial charge in [0.2, 0.25) is 0 Å². The van der Waals surface area contributed by atoms with E-state index in [0.29, 0.717) is 0 Å². The summed E-state index contributed by atoms with van der Waals surface area (Å²) in [5.41, 5.74) is 1.04. The number of nitrogens with one attached hydrogen (secondary N) is 1. The van der Waals surface area contributed by atoms with Crippen molar-refractivity contribution < 1.29 is 0 Å². The first-order chi connectivity index (χ1) is 4.31. The van der Waals surface area contributed by atoms with Gasteiger partial charge in [-0.15, -0.1) is 0 Å². The van der Waals surface area contributed by atoms with E-state index < -0.39 is 0 Å². The average Bonchev–Trinajstić information content (AvgIpc) is 1.89. The molecular formula is C7H12N2. The predicted molar refractivity (Wildman–Crippen MR) is 41.5 cm³/mol. The molecule has 0 unspecified atom stereocenters. The Balaban J connectivity index is 3.67. The van der Waals surface area contributed by atoms with Crippen LogP contribution in [0.25, 0.3) is 0 Å². The summed E-state index contributed by atoms with van der Waals surface area (Å²) in [7, 11) is 1.86. The van der Waals surface area contributed by atoms with Crippen LogP contribution in [0.4, 0.5) is 0 Å². The Labute approximate surface area is 56.0 Å². The smallest absolute Gasteiger partial charge is 0.0454 e. The van der Waals surface area contributed by atoms with E-state index >= 15 is 0 Å². The van der Waals surface area contributed by atoms with Crippen LogP contribution in [0.5, 0.6) is 0 Å². The van der Waals surface area contributed by atoms with Crippen molar-refractivity contribution in [3.8, 4) is 0 Å². The SMILES string of the molecule is C=CC=N/C=C(/C)NC. The largest absolute Gasteiger partial charge is 0.390 e. The third-order valence-electron chi connectivity index (χ3n) is 0.854. The van der Waals surface area contributed by atoms with Gasteiger partial charge in [-0.25, -0.2) is 0 Å². The Morgan fingerprint density at radius 2 is 2.33 bits per heavy atom. The summed E-state index contributed by atoms with van der Waals surface area (Å²) in [4.78, 5) is 3.89. The highest BCUT2D eigenvalue weighted by Gasteiger charge is 1.74. The van der Waals surface area contributed by atoms with E-state index in [1.807, 2.05) is 14.0 Å². The molecule has 0 rings (SSSR count). The third kappa shape index (κ3) is 4.81. The van der Waals surface area contributed by atoms with Crippen molar-refractivity contribution in [1.82, 2.24) is 5.32 Å². The van der Waals surface area contributed by atoms with Crippen LogP contribution in [0, 0.1) is 0 Å². The molecule has 0 amide bonds. The molecule has 0 heterocycles. The molecule has 9 heavy (non-hydrogen) atoms. The molecule has 0 aliphatic carbocycles. The molecule has 2 nitrogen and oxygen atoms in total. The Hall–Kier alpha value is -1.05. The first-order valence-corrected chi connectivity index (χ1v) is 2.80. The fourth-order valence-corrected chi connectivity index (χ4v) is 0.280. The molecule has 0 saturated carbocycles. The van der Waals surface area contributed by atoms with E-state index in [4.69, 9.17) is 0 Å². The normalized spacial score (nSPS) is 12.0. The van der Waals surface area contributed by atoms with Crippen molar-refractivity contribution >= 4 is 6.21 Å². The van der Waals surface area contributed by atoms with Crippen molar-refractivity contribution in [2.45, 2.75) is 6.92 Å². The standard InChI is InChI=1S/C7H12N2/c1-4-5-9-6-7(2)8-3/h4-6,8H,1H2,2-3H3/b7-6-,9-5?. The molecule has 0 atom stereocenters. The molecule has 0 saturated heterocycles. The van der Waals surface area contributed by atoms with Crippen molar-refractivity contribution in [1.29, 1.82) is 0 Å². The van der Waals surface area contributed by atoms with Crippen molar-refractivity contribution in [2.24, 2.45) is 4.99 Å². The van der Waals surface area contributed by atoms with Gasteiger partial charge in [0.1, 0.15) is 0 Å². The lowest BCUT2D eigenvalue weighted by Gasteiger charge is -1.92. The predicted octanol–water partition coefficient (Wildman–Crippen LogP) is 1.32. The molecule has 0 aliphatic rings. The summed E-state index contributed by atoms with van der Waals surface area (Å²) in [6.07, 6.45) is 5.02. The highest BCUT2D eigenvalue weighted by atomic mass is 14.8. The highest BCUT2D eigenvalue weighted by Crippen LogP contribution is 1.82. The van der Waals surface area contributed by atoms with Gasteiger partial charge in [-0.05, 0) is 6.92 Å². The average molecular weight is 124 g/mol. The monoisotopic (exact) mass is 124 g/mol. The van der Waals surface area contributed by atoms with Crippen LogP contribution in [0.3, 0.4) is 0 Å². The van der Waals surface area contributed by atoms with Gasteiger partial charge in [-0.1, -0.05) is 12.7 Å². The summed E-state index contributed by atoms with van der Waals surface area (Å²) >= 11 is 0. The lowest BCUT2D eigenvalue weighted by Crippen LogP contribution is -2.00. The van der Waals surface area contributed by atoms with Gasteiger partial charge < -0.3 is 5.32 Å². The van der Waals surface area contributed by atoms with Crippen LogP contribution in [-0.2, 0) is 0 Å². The fourth-order valence-electron chi connectivity index (χ4n) is 0.280. The highest BCUT2D eigenvalue weighted by molar-refractivity contribution is 5.70. The molecule has 2 heteroatoms. The summed E-state index contributed by atoms with van der Waals surface area (Å²) in [6.45, 7) is 5.43. The van der Waals surface area contributed by atoms with Gasteiger partial charge in [0, 0.05) is 25.2 Å². The van der Waals surface area contributed by atoms with Gasteiger partial charge in [0.05, 0.1) is 0 Å². The number of hydrogen-bond donors (Lipinski definition) is 1. The molecule has 50 valence electrons. The zero-order valence-corrected chi connectivity index (χ0v) is 5.89. The summed E-state index contributed by atoms with van der Waals surface area (Å²) in [5.74, 6) is 0. The first-order valence-electron chi connectivity index (χ1n) is 2.80. The van der Waals surface area contributed by atoms with E-state index in [0.717, 1.165) is 5.70 Å². The first kappa shape index (κ1) is 7.95. The molecule has 0 spiro atoms. The quantitative estimate of drug-likeness (QED) is 0.564. The maximum absolute atomic E-state index is 3.89. The van der Waals surface area contributed by atoms with Crippen LogP contribution in [0.2, 0.25) is 0 Å². The molecule has 1 N–H and O–H groups in total. The third-order valence-corrected chi connectivity index (χ3v) is 0.854. The molecular weight excluding hydrogens is 112 g/mol. The van der Waals surface area contributed by atoms with E-state index in [2.05, 4.69) is 16.9 Å². The molecule has 0 fully saturated rings. The van der Waals surface area contributed by atoms with E-state index in [-0.39, 0.29) is 0 Å². The van der Waals surface area contributed by atoms with Gasteiger partial charge in [0.15, 0.2) is 0 Å². The summed E-state index contributed by atoms with van der Waals surface area (Å²) in [5, 5.41) is 2.94. The minimum absolute atomic E-state index is 1.04. The molecule has 0 bridgehead atoms. The molecule has 0 radical (unpaired) electrons. The van der Waals surface area contributed by atoms with Crippen LogP contribution < -0.4 is 5.32 Å². The van der Waals surface area contributed by atoms with Crippen LogP contribution in [0.15, 0.2) is 29.5 Å². The Morgan fingerprint density at radius 1 is 1.67 bits per heavy atom. The molecule has 0 aromatic carbocycles. The van der Waals surface area contributed by atoms with Crippen molar-refractivity contribution in [2.75, 3.05) is 7.05 Å². The van der Waals surface area contributed by atoms with Gasteiger partial charge >= 0.3 is 0 Å². The molecule has 0 aromatic heterocycles. The van der Waals surface area contributed by atoms with Crippen molar-refractivity contribution in [3.63, 3.8) is 0 Å². The zero-order valence-electron chi connectivity index (χ0n) is 5.89. The molecule has 0 aromatic rings. The minimum Gasteiger partial charge on any atom is -0.390 e. The maximum atomic E-state index is 3.89. The number of nitrogens with zero attached hydrogens (tertiary/aromatic N) is 1. The lowest BCUT2D eigenvalue weighted by atomic mass is 10.5. The Morgan fingerprint density at radius 3 is 2.78 bits per heavy atom. The fraction of sp³-hybridized carbons (Fsp3) is 0.286. The summed E-state index contributed by atoms with van der Waals surface area (Å²) < 4.78 is 0. The number of allylic oxidation sites excluding steroid dienone is 2. The van der Waals surface area contributed by atoms with Gasteiger partial charge in [0.25, 0.3) is 0 Å². The van der Waals surface area contributed by atoms with Crippen LogP contribution in [-0.4, -0.2) is 13.3 Å². The van der Waals surface area contributed by atoms with Crippen LogP contribution >= 0.6 is 0 Å². The van der Waals surface area contributed by atoms with E-state index in [1.165, 1.54) is 0 Å². The maximum Gasteiger partial charge on any atom is 0.0454 e. The zero-order chi connectivity index (χ0) is 7.11. The molecule has 0 aliphatic heterocycles. The van der Waals surface area contributed by atoms with Crippen molar-refractivity contribution in [3.05, 3.63) is 24.6 Å². The number of hydrogen-bond acceptors (Lipinski definition) is 2. The lowest BCUT2D eigenvalue weighted by molar-refractivity contribution is 0.982. The van der Waals surface area contributed by atoms with E-state index in [1.54, 1.807) is 18.5 Å². The second-order valence-corrected chi connectivity index (χ2v) is 1.60. The Kier molecular flexibility index (Phi) is 4.50. The summed E-state index contributed by atoms with van der Waals surface area (Å²) in [6, 6.07) is 0. The number of aliphatic imine (C=N–C) groups is 1.